The van der Waals surface area contributed by atoms with Crippen LogP contribution < -0.4 is 16.3 Å². The topological polar surface area (TPSA) is 77.4 Å². The molecule has 0 N–H and O–H groups in total. The number of unbranched alkanes of at least 4 members (excludes halogenated alkanes) is 2. The van der Waals surface area contributed by atoms with Crippen molar-refractivity contribution in [3.05, 3.63) is 20.8 Å². The molecule has 0 saturated carbocycles. The lowest BCUT2D eigenvalue weighted by atomic mass is 9.89. The minimum absolute atomic E-state index is 0.124. The number of hydrazone groups is 1. The molecule has 154 valence electrons. The Labute approximate surface area is 165 Å². The second-order valence-corrected chi connectivity index (χ2v) is 8.60. The molecule has 0 saturated heterocycles. The summed E-state index contributed by atoms with van der Waals surface area (Å²) in [7, 11) is 1.69. The highest BCUT2D eigenvalue weighted by Gasteiger charge is 2.31. The number of hydrogen-bond acceptors (Lipinski definition) is 5. The number of aromatic nitrogens is 4. The summed E-state index contributed by atoms with van der Waals surface area (Å²) in [6, 6.07) is 0. The van der Waals surface area contributed by atoms with E-state index >= 15 is 0 Å². The lowest BCUT2D eigenvalue weighted by molar-refractivity contribution is 0.544. The van der Waals surface area contributed by atoms with E-state index in [0.717, 1.165) is 37.9 Å². The van der Waals surface area contributed by atoms with E-state index in [1.54, 1.807) is 7.05 Å². The van der Waals surface area contributed by atoms with Crippen LogP contribution in [-0.4, -0.2) is 30.9 Å². The van der Waals surface area contributed by atoms with Gasteiger partial charge >= 0.3 is 5.69 Å². The van der Waals surface area contributed by atoms with Gasteiger partial charge in [-0.2, -0.15) is 10.1 Å². The molecule has 2 aromatic rings. The summed E-state index contributed by atoms with van der Waals surface area (Å²) in [5.74, 6) is 0.650. The Morgan fingerprint density at radius 2 is 1.68 bits per heavy atom. The lowest BCUT2D eigenvalue weighted by Gasteiger charge is -2.31. The van der Waals surface area contributed by atoms with E-state index in [-0.39, 0.29) is 16.7 Å². The minimum Gasteiger partial charge on any atom is -0.297 e. The van der Waals surface area contributed by atoms with Crippen molar-refractivity contribution in [2.45, 2.75) is 73.4 Å². The van der Waals surface area contributed by atoms with Gasteiger partial charge in [-0.25, -0.2) is 9.80 Å². The average molecular weight is 389 g/mol. The molecule has 0 fully saturated rings. The molecule has 2 aromatic heterocycles. The van der Waals surface area contributed by atoms with E-state index < -0.39 is 0 Å². The summed E-state index contributed by atoms with van der Waals surface area (Å²) in [6.45, 7) is 12.2. The van der Waals surface area contributed by atoms with Crippen molar-refractivity contribution in [2.75, 3.05) is 11.6 Å². The second-order valence-electron chi connectivity index (χ2n) is 8.60. The highest BCUT2D eigenvalue weighted by Crippen LogP contribution is 2.29. The maximum Gasteiger partial charge on any atom is 0.332 e. The first-order valence-electron chi connectivity index (χ1n) is 10.3. The van der Waals surface area contributed by atoms with E-state index in [2.05, 4.69) is 32.7 Å². The van der Waals surface area contributed by atoms with Crippen LogP contribution >= 0.6 is 0 Å². The molecule has 3 heterocycles. The third-order valence-corrected chi connectivity index (χ3v) is 5.32. The molecule has 1 aliphatic rings. The highest BCUT2D eigenvalue weighted by atomic mass is 16.2. The van der Waals surface area contributed by atoms with Gasteiger partial charge in [0.1, 0.15) is 0 Å². The summed E-state index contributed by atoms with van der Waals surface area (Å²) in [5.41, 5.74) is 1.25. The van der Waals surface area contributed by atoms with Crippen molar-refractivity contribution >= 4 is 22.8 Å². The molecular formula is C20H32N6O2. The van der Waals surface area contributed by atoms with E-state index in [9.17, 15) is 9.59 Å². The van der Waals surface area contributed by atoms with Crippen molar-refractivity contribution in [3.8, 4) is 0 Å². The molecule has 0 atom stereocenters. The second kappa shape index (κ2) is 7.56. The van der Waals surface area contributed by atoms with Gasteiger partial charge in [0, 0.05) is 25.6 Å². The zero-order valence-electron chi connectivity index (χ0n) is 17.9. The number of hydrogen-bond donors (Lipinski definition) is 0. The van der Waals surface area contributed by atoms with Gasteiger partial charge in [0.25, 0.3) is 5.56 Å². The molecule has 1 aliphatic heterocycles. The highest BCUT2D eigenvalue weighted by molar-refractivity contribution is 5.93. The average Bonchev–Trinajstić information content (AvgIpc) is 3.03. The van der Waals surface area contributed by atoms with Gasteiger partial charge in [-0.1, -0.05) is 47.5 Å². The van der Waals surface area contributed by atoms with Crippen molar-refractivity contribution < 1.29 is 0 Å². The summed E-state index contributed by atoms with van der Waals surface area (Å²) in [5, 5.41) is 6.75. The fraction of sp³-hybridized carbons (Fsp3) is 0.700. The van der Waals surface area contributed by atoms with Crippen molar-refractivity contribution in [1.29, 1.82) is 0 Å². The van der Waals surface area contributed by atoms with Crippen LogP contribution in [-0.2, 0) is 20.1 Å². The van der Waals surface area contributed by atoms with Crippen LogP contribution in [0.25, 0.3) is 11.2 Å². The maximum atomic E-state index is 13.2. The van der Waals surface area contributed by atoms with Gasteiger partial charge in [0.2, 0.25) is 5.95 Å². The molecule has 0 radical (unpaired) electrons. The van der Waals surface area contributed by atoms with Crippen LogP contribution in [0.1, 0.15) is 60.3 Å². The molecule has 0 spiro atoms. The van der Waals surface area contributed by atoms with E-state index in [0.29, 0.717) is 30.2 Å². The summed E-state index contributed by atoms with van der Waals surface area (Å²) >= 11 is 0. The zero-order chi connectivity index (χ0) is 20.6. The molecule has 28 heavy (non-hydrogen) atoms. The largest absolute Gasteiger partial charge is 0.332 e. The van der Waals surface area contributed by atoms with E-state index in [1.165, 1.54) is 9.13 Å². The first-order chi connectivity index (χ1) is 13.2. The lowest BCUT2D eigenvalue weighted by Crippen LogP contribution is -2.41. The number of imidazole rings is 1. The van der Waals surface area contributed by atoms with Crippen molar-refractivity contribution in [3.63, 3.8) is 0 Å². The van der Waals surface area contributed by atoms with Gasteiger partial charge < -0.3 is 0 Å². The Hall–Kier alpha value is -2.38. The minimum atomic E-state index is -0.307. The maximum absolute atomic E-state index is 13.2. The Morgan fingerprint density at radius 3 is 2.29 bits per heavy atom. The normalized spacial score (nSPS) is 14.5. The van der Waals surface area contributed by atoms with Crippen LogP contribution in [0.2, 0.25) is 0 Å². The molecule has 0 amide bonds. The molecule has 0 bridgehead atoms. The SMILES string of the molecule is CCCCN1N=C(C(C)(C)C)Cn2c1nc1c2c(=O)n(CCCC)c(=O)n1C. The van der Waals surface area contributed by atoms with Gasteiger partial charge in [0.15, 0.2) is 11.2 Å². The third-order valence-electron chi connectivity index (χ3n) is 5.32. The molecular weight excluding hydrogens is 356 g/mol. The standard InChI is InChI=1S/C20H32N6O2/c1-7-9-11-24-17(27)15-16(23(6)19(24)28)21-18-25(15)13-14(20(3,4)5)22-26(18)12-10-8-2/h7-13H2,1-6H3. The summed E-state index contributed by atoms with van der Waals surface area (Å²) in [4.78, 5) is 30.7. The number of aryl methyl sites for hydroxylation is 1. The fourth-order valence-electron chi connectivity index (χ4n) is 3.44. The van der Waals surface area contributed by atoms with Crippen molar-refractivity contribution in [2.24, 2.45) is 17.6 Å². The zero-order valence-corrected chi connectivity index (χ0v) is 17.9. The van der Waals surface area contributed by atoms with E-state index in [4.69, 9.17) is 5.10 Å². The third kappa shape index (κ3) is 3.40. The van der Waals surface area contributed by atoms with E-state index in [1.807, 2.05) is 16.5 Å². The number of anilines is 1. The Kier molecular flexibility index (Phi) is 5.50. The van der Waals surface area contributed by atoms with Crippen LogP contribution in [0.15, 0.2) is 14.7 Å². The van der Waals surface area contributed by atoms with Crippen molar-refractivity contribution in [1.82, 2.24) is 18.7 Å². The predicted octanol–water partition coefficient (Wildman–Crippen LogP) is 2.72. The van der Waals surface area contributed by atoms with Gasteiger partial charge in [-0.3, -0.25) is 18.5 Å². The van der Waals surface area contributed by atoms with Crippen LogP contribution in [0.4, 0.5) is 5.95 Å². The Balaban J connectivity index is 2.26. The van der Waals surface area contributed by atoms with Crippen LogP contribution in [0, 0.1) is 5.41 Å². The number of rotatable bonds is 6. The smallest absolute Gasteiger partial charge is 0.297 e. The first kappa shape index (κ1) is 20.4. The fourth-order valence-corrected chi connectivity index (χ4v) is 3.44. The van der Waals surface area contributed by atoms with Gasteiger partial charge in [0.05, 0.1) is 12.3 Å². The quantitative estimate of drug-likeness (QED) is 0.762. The van der Waals surface area contributed by atoms with Crippen LogP contribution in [0.5, 0.6) is 0 Å². The van der Waals surface area contributed by atoms with Gasteiger partial charge in [-0.15, -0.1) is 0 Å². The van der Waals surface area contributed by atoms with Crippen LogP contribution in [0.3, 0.4) is 0 Å². The Morgan fingerprint density at radius 1 is 1.04 bits per heavy atom. The number of fused-ring (bicyclic) bond motifs is 3. The summed E-state index contributed by atoms with van der Waals surface area (Å²) < 4.78 is 4.79. The Bertz CT molecular complexity index is 1020. The predicted molar refractivity (Wildman–Crippen MR) is 113 cm³/mol. The molecule has 8 nitrogen and oxygen atoms in total. The molecule has 0 aliphatic carbocycles. The first-order valence-corrected chi connectivity index (χ1v) is 10.3. The molecule has 8 heteroatoms. The summed E-state index contributed by atoms with van der Waals surface area (Å²) in [6.07, 6.45) is 3.73. The number of nitrogens with zero attached hydrogens (tertiary/aromatic N) is 6. The molecule has 0 aromatic carbocycles. The monoisotopic (exact) mass is 388 g/mol. The molecule has 3 rings (SSSR count). The molecule has 0 unspecified atom stereocenters. The van der Waals surface area contributed by atoms with Gasteiger partial charge in [-0.05, 0) is 12.8 Å².